The van der Waals surface area contributed by atoms with Crippen molar-refractivity contribution in [1.82, 2.24) is 10.3 Å². The molecule has 0 aliphatic heterocycles. The summed E-state index contributed by atoms with van der Waals surface area (Å²) in [6.07, 6.45) is 0. The predicted octanol–water partition coefficient (Wildman–Crippen LogP) is 1.82. The number of nitrogen functional groups attached to an aromatic ring is 1. The third-order valence-electron chi connectivity index (χ3n) is 2.95. The molecule has 1 atom stereocenters. The molecule has 0 aliphatic carbocycles. The Balaban J connectivity index is 2.93. The number of aromatic nitrogens is 1. The van der Waals surface area contributed by atoms with E-state index in [9.17, 15) is 4.79 Å². The highest BCUT2D eigenvalue weighted by atomic mass is 16.5. The van der Waals surface area contributed by atoms with E-state index in [1.165, 1.54) is 0 Å². The van der Waals surface area contributed by atoms with Crippen molar-refractivity contribution in [3.05, 3.63) is 23.4 Å². The van der Waals surface area contributed by atoms with Gasteiger partial charge >= 0.3 is 0 Å². The smallest absolute Gasteiger partial charge is 0.251 e. The van der Waals surface area contributed by atoms with Crippen LogP contribution in [0, 0.1) is 0 Å². The summed E-state index contributed by atoms with van der Waals surface area (Å²) < 4.78 is 5.30. The van der Waals surface area contributed by atoms with E-state index < -0.39 is 0 Å². The molecule has 0 aromatic carbocycles. The van der Waals surface area contributed by atoms with Crippen LogP contribution in [-0.2, 0) is 10.2 Å². The maximum atomic E-state index is 12.3. The van der Waals surface area contributed by atoms with E-state index in [1.54, 1.807) is 12.1 Å². The van der Waals surface area contributed by atoms with Crippen molar-refractivity contribution in [3.63, 3.8) is 0 Å². The Bertz CT molecular complexity index is 483. The number of rotatable bonds is 6. The number of carbonyl (C=O) groups is 1. The first kappa shape index (κ1) is 17.4. The van der Waals surface area contributed by atoms with E-state index >= 15 is 0 Å². The van der Waals surface area contributed by atoms with E-state index in [0.717, 1.165) is 5.69 Å². The number of nitrogens with one attached hydrogen (secondary N) is 2. The van der Waals surface area contributed by atoms with Crippen LogP contribution < -0.4 is 16.6 Å². The third kappa shape index (κ3) is 5.32. The molecule has 1 amide bonds. The van der Waals surface area contributed by atoms with Crippen LogP contribution >= 0.6 is 0 Å². The Labute approximate surface area is 126 Å². The number of hydrazine groups is 1. The van der Waals surface area contributed by atoms with Crippen molar-refractivity contribution in [1.29, 1.82) is 0 Å². The molecule has 6 nitrogen and oxygen atoms in total. The number of ether oxygens (including phenoxy) is 1. The van der Waals surface area contributed by atoms with Gasteiger partial charge in [-0.25, -0.2) is 10.8 Å². The quantitative estimate of drug-likeness (QED) is 0.550. The van der Waals surface area contributed by atoms with Crippen LogP contribution in [0.4, 0.5) is 5.82 Å². The van der Waals surface area contributed by atoms with Gasteiger partial charge in [-0.1, -0.05) is 20.8 Å². The Morgan fingerprint density at radius 2 is 2.10 bits per heavy atom. The maximum absolute atomic E-state index is 12.3. The molecule has 6 heteroatoms. The molecule has 0 aliphatic rings. The Hall–Kier alpha value is -1.66. The zero-order chi connectivity index (χ0) is 16.0. The summed E-state index contributed by atoms with van der Waals surface area (Å²) >= 11 is 0. The standard InChI is InChI=1S/C15H26N4O2/c1-6-21-9-10(2)17-14(20)11-7-12(15(3,4)5)18-13(8-11)19-16/h7-8,10H,6,9,16H2,1-5H3,(H,17,20)(H,18,19). The molecule has 0 spiro atoms. The Kier molecular flexibility index (Phi) is 6.11. The fourth-order valence-corrected chi connectivity index (χ4v) is 1.76. The normalized spacial score (nSPS) is 12.9. The molecule has 118 valence electrons. The first-order valence-corrected chi connectivity index (χ1v) is 7.15. The minimum atomic E-state index is -0.168. The lowest BCUT2D eigenvalue weighted by Gasteiger charge is -2.20. The molecule has 1 unspecified atom stereocenters. The van der Waals surface area contributed by atoms with Gasteiger partial charge < -0.3 is 15.5 Å². The van der Waals surface area contributed by atoms with E-state index in [4.69, 9.17) is 10.6 Å². The van der Waals surface area contributed by atoms with Gasteiger partial charge in [0, 0.05) is 29.3 Å². The van der Waals surface area contributed by atoms with Crippen LogP contribution in [0.2, 0.25) is 0 Å². The summed E-state index contributed by atoms with van der Waals surface area (Å²) in [5, 5.41) is 2.90. The van der Waals surface area contributed by atoms with E-state index in [-0.39, 0.29) is 17.4 Å². The highest BCUT2D eigenvalue weighted by Crippen LogP contribution is 2.23. The van der Waals surface area contributed by atoms with Crippen LogP contribution in [0.25, 0.3) is 0 Å². The molecular formula is C15H26N4O2. The summed E-state index contributed by atoms with van der Waals surface area (Å²) in [6, 6.07) is 3.37. The van der Waals surface area contributed by atoms with Gasteiger partial charge in [0.25, 0.3) is 5.91 Å². The van der Waals surface area contributed by atoms with Crippen LogP contribution in [0.15, 0.2) is 12.1 Å². The van der Waals surface area contributed by atoms with Crippen molar-refractivity contribution in [2.24, 2.45) is 5.84 Å². The summed E-state index contributed by atoms with van der Waals surface area (Å²) in [5.41, 5.74) is 3.68. The average Bonchev–Trinajstić information content (AvgIpc) is 2.43. The summed E-state index contributed by atoms with van der Waals surface area (Å²) in [7, 11) is 0. The number of carbonyl (C=O) groups excluding carboxylic acids is 1. The number of anilines is 1. The lowest BCUT2D eigenvalue weighted by molar-refractivity contribution is 0.0872. The minimum Gasteiger partial charge on any atom is -0.380 e. The molecule has 1 heterocycles. The van der Waals surface area contributed by atoms with Gasteiger partial charge in [-0.2, -0.15) is 0 Å². The predicted molar refractivity (Wildman–Crippen MR) is 84.2 cm³/mol. The second-order valence-electron chi connectivity index (χ2n) is 6.05. The average molecular weight is 294 g/mol. The first-order valence-electron chi connectivity index (χ1n) is 7.15. The molecule has 0 bridgehead atoms. The zero-order valence-corrected chi connectivity index (χ0v) is 13.5. The second-order valence-corrected chi connectivity index (χ2v) is 6.05. The highest BCUT2D eigenvalue weighted by Gasteiger charge is 2.19. The van der Waals surface area contributed by atoms with Crippen molar-refractivity contribution in [3.8, 4) is 0 Å². The second kappa shape index (κ2) is 7.38. The molecule has 1 aromatic heterocycles. The van der Waals surface area contributed by atoms with Gasteiger partial charge in [0.1, 0.15) is 5.82 Å². The number of hydrogen-bond acceptors (Lipinski definition) is 5. The molecule has 0 saturated carbocycles. The van der Waals surface area contributed by atoms with E-state index in [0.29, 0.717) is 24.6 Å². The minimum absolute atomic E-state index is 0.0574. The van der Waals surface area contributed by atoms with Crippen LogP contribution in [0.5, 0.6) is 0 Å². The molecule has 21 heavy (non-hydrogen) atoms. The van der Waals surface area contributed by atoms with Gasteiger partial charge in [-0.3, -0.25) is 4.79 Å². The van der Waals surface area contributed by atoms with Crippen molar-refractivity contribution in [2.45, 2.75) is 46.1 Å². The lowest BCUT2D eigenvalue weighted by atomic mass is 9.90. The van der Waals surface area contributed by atoms with Crippen molar-refractivity contribution >= 4 is 11.7 Å². The van der Waals surface area contributed by atoms with Crippen molar-refractivity contribution < 1.29 is 9.53 Å². The highest BCUT2D eigenvalue weighted by molar-refractivity contribution is 5.95. The topological polar surface area (TPSA) is 89.3 Å². The molecule has 0 saturated heterocycles. The van der Waals surface area contributed by atoms with E-state index in [1.807, 2.05) is 34.6 Å². The molecule has 1 aromatic rings. The van der Waals surface area contributed by atoms with Gasteiger partial charge in [-0.15, -0.1) is 0 Å². The number of amides is 1. The van der Waals surface area contributed by atoms with Crippen LogP contribution in [0.1, 0.15) is 50.7 Å². The number of hydrogen-bond donors (Lipinski definition) is 3. The Morgan fingerprint density at radius 3 is 2.62 bits per heavy atom. The summed E-state index contributed by atoms with van der Waals surface area (Å²) in [4.78, 5) is 16.7. The molecule has 1 rings (SSSR count). The van der Waals surface area contributed by atoms with Gasteiger partial charge in [0.15, 0.2) is 0 Å². The first-order chi connectivity index (χ1) is 9.77. The zero-order valence-electron chi connectivity index (χ0n) is 13.5. The fraction of sp³-hybridized carbons (Fsp3) is 0.600. The lowest BCUT2D eigenvalue weighted by Crippen LogP contribution is -2.36. The summed E-state index contributed by atoms with van der Waals surface area (Å²) in [6.45, 7) is 11.1. The molecule has 0 fully saturated rings. The fourth-order valence-electron chi connectivity index (χ4n) is 1.76. The van der Waals surface area contributed by atoms with Gasteiger partial charge in [0.2, 0.25) is 0 Å². The van der Waals surface area contributed by atoms with E-state index in [2.05, 4.69) is 15.7 Å². The van der Waals surface area contributed by atoms with Gasteiger partial charge in [0.05, 0.1) is 6.61 Å². The number of nitrogens with zero attached hydrogens (tertiary/aromatic N) is 1. The van der Waals surface area contributed by atoms with Gasteiger partial charge in [-0.05, 0) is 26.0 Å². The van der Waals surface area contributed by atoms with Crippen molar-refractivity contribution in [2.75, 3.05) is 18.6 Å². The largest absolute Gasteiger partial charge is 0.380 e. The molecule has 4 N–H and O–H groups in total. The third-order valence-corrected chi connectivity index (χ3v) is 2.95. The van der Waals surface area contributed by atoms with Crippen LogP contribution in [0.3, 0.4) is 0 Å². The molecular weight excluding hydrogens is 268 g/mol. The SMILES string of the molecule is CCOCC(C)NC(=O)c1cc(NN)nc(C(C)(C)C)c1. The van der Waals surface area contributed by atoms with Crippen LogP contribution in [-0.4, -0.2) is 30.1 Å². The monoisotopic (exact) mass is 294 g/mol. The summed E-state index contributed by atoms with van der Waals surface area (Å²) in [5.74, 6) is 5.75. The Morgan fingerprint density at radius 1 is 1.43 bits per heavy atom. The number of pyridine rings is 1. The molecule has 0 radical (unpaired) electrons. The number of nitrogens with two attached hydrogens (primary N) is 1. The maximum Gasteiger partial charge on any atom is 0.251 e.